The first-order valence-electron chi connectivity index (χ1n) is 11.1. The van der Waals surface area contributed by atoms with Crippen LogP contribution in [-0.2, 0) is 6.42 Å². The minimum Gasteiger partial charge on any atom is -0.508 e. The van der Waals surface area contributed by atoms with Crippen molar-refractivity contribution in [3.63, 3.8) is 0 Å². The fourth-order valence-electron chi connectivity index (χ4n) is 4.21. The number of hydrogen-bond acceptors (Lipinski definition) is 5. The predicted molar refractivity (Wildman–Crippen MR) is 135 cm³/mol. The van der Waals surface area contributed by atoms with Crippen LogP contribution in [0, 0.1) is 0 Å². The lowest BCUT2D eigenvalue weighted by Crippen LogP contribution is -2.02. The van der Waals surface area contributed by atoms with Crippen molar-refractivity contribution in [2.24, 2.45) is 0 Å². The van der Waals surface area contributed by atoms with Gasteiger partial charge < -0.3 is 10.4 Å². The van der Waals surface area contributed by atoms with Crippen LogP contribution in [0.3, 0.4) is 0 Å². The second-order valence-corrected chi connectivity index (χ2v) is 8.16. The minimum atomic E-state index is 0.254. The maximum atomic E-state index is 9.55. The van der Waals surface area contributed by atoms with Gasteiger partial charge in [-0.3, -0.25) is 4.57 Å². The smallest absolute Gasteiger partial charge is 0.160 e. The van der Waals surface area contributed by atoms with Gasteiger partial charge in [-0.2, -0.15) is 5.10 Å². The van der Waals surface area contributed by atoms with Gasteiger partial charge >= 0.3 is 0 Å². The first kappa shape index (κ1) is 19.9. The number of anilines is 2. The van der Waals surface area contributed by atoms with Gasteiger partial charge in [-0.1, -0.05) is 54.6 Å². The third-order valence-corrected chi connectivity index (χ3v) is 5.92. The van der Waals surface area contributed by atoms with E-state index in [1.54, 1.807) is 12.1 Å². The molecule has 164 valence electrons. The fraction of sp³-hybridized carbons (Fsp3) is 0.0357. The second-order valence-electron chi connectivity index (χ2n) is 8.16. The average Bonchev–Trinajstić information content (AvgIpc) is 3.31. The van der Waals surface area contributed by atoms with E-state index < -0.39 is 0 Å². The molecule has 0 fully saturated rings. The van der Waals surface area contributed by atoms with Gasteiger partial charge in [-0.05, 0) is 48.0 Å². The Labute approximate surface area is 196 Å². The summed E-state index contributed by atoms with van der Waals surface area (Å²) in [7, 11) is 0. The van der Waals surface area contributed by atoms with Crippen molar-refractivity contribution in [1.82, 2.24) is 19.7 Å². The van der Waals surface area contributed by atoms with E-state index in [1.807, 2.05) is 60.9 Å². The van der Waals surface area contributed by atoms with Crippen molar-refractivity contribution in [1.29, 1.82) is 0 Å². The molecule has 6 aromatic rings. The first-order valence-corrected chi connectivity index (χ1v) is 11.1. The van der Waals surface area contributed by atoms with Crippen LogP contribution in [0.25, 0.3) is 27.5 Å². The molecule has 0 saturated carbocycles. The zero-order valence-corrected chi connectivity index (χ0v) is 18.3. The SMILES string of the molecule is Oc1ccc(Cc2nnc(Nc3ccc4c(c3)ncn4-c3ccccc3)c3ccccc23)cc1. The molecule has 6 heteroatoms. The molecule has 0 saturated heterocycles. The molecule has 0 spiro atoms. The van der Waals surface area contributed by atoms with Crippen molar-refractivity contribution >= 4 is 33.3 Å². The van der Waals surface area contributed by atoms with Crippen molar-refractivity contribution in [3.8, 4) is 11.4 Å². The molecule has 6 nitrogen and oxygen atoms in total. The van der Waals surface area contributed by atoms with Crippen molar-refractivity contribution < 1.29 is 5.11 Å². The normalized spacial score (nSPS) is 11.2. The van der Waals surface area contributed by atoms with Gasteiger partial charge in [0.1, 0.15) is 12.1 Å². The summed E-state index contributed by atoms with van der Waals surface area (Å²) in [6, 6.07) is 31.6. The molecule has 0 aliphatic carbocycles. The van der Waals surface area contributed by atoms with E-state index in [0.717, 1.165) is 44.4 Å². The number of fused-ring (bicyclic) bond motifs is 2. The number of nitrogens with zero attached hydrogens (tertiary/aromatic N) is 4. The summed E-state index contributed by atoms with van der Waals surface area (Å²) in [5.74, 6) is 0.955. The number of benzene rings is 4. The lowest BCUT2D eigenvalue weighted by Gasteiger charge is -2.11. The highest BCUT2D eigenvalue weighted by molar-refractivity contribution is 5.95. The lowest BCUT2D eigenvalue weighted by molar-refractivity contribution is 0.475. The van der Waals surface area contributed by atoms with Gasteiger partial charge in [0.25, 0.3) is 0 Å². The highest BCUT2D eigenvalue weighted by Crippen LogP contribution is 2.29. The van der Waals surface area contributed by atoms with E-state index in [-0.39, 0.29) is 5.75 Å². The summed E-state index contributed by atoms with van der Waals surface area (Å²) in [5, 5.41) is 24.1. The van der Waals surface area contributed by atoms with E-state index >= 15 is 0 Å². The molecule has 4 aromatic carbocycles. The number of phenolic OH excluding ortho intramolecular Hbond substituents is 1. The van der Waals surface area contributed by atoms with Gasteiger partial charge in [0, 0.05) is 28.6 Å². The summed E-state index contributed by atoms with van der Waals surface area (Å²) in [4.78, 5) is 4.60. The largest absolute Gasteiger partial charge is 0.508 e. The maximum Gasteiger partial charge on any atom is 0.160 e. The Morgan fingerprint density at radius 3 is 2.35 bits per heavy atom. The highest BCUT2D eigenvalue weighted by atomic mass is 16.3. The highest BCUT2D eigenvalue weighted by Gasteiger charge is 2.11. The third-order valence-electron chi connectivity index (χ3n) is 5.92. The van der Waals surface area contributed by atoms with Crippen molar-refractivity contribution in [2.45, 2.75) is 6.42 Å². The Balaban J connectivity index is 1.33. The molecule has 0 bridgehead atoms. The van der Waals surface area contributed by atoms with E-state index in [1.165, 1.54) is 0 Å². The molecule has 0 aliphatic rings. The standard InChI is InChI=1S/C28H21N5O/c34-22-13-10-19(11-14-22)16-25-23-8-4-5-9-24(23)28(32-31-25)30-20-12-15-27-26(17-20)29-18-33(27)21-6-2-1-3-7-21/h1-15,17-18,34H,16H2,(H,30,32). The van der Waals surface area contributed by atoms with Crippen LogP contribution in [0.4, 0.5) is 11.5 Å². The van der Waals surface area contributed by atoms with Crippen molar-refractivity contribution in [3.05, 3.63) is 115 Å². The Hall–Kier alpha value is -4.71. The maximum absolute atomic E-state index is 9.55. The lowest BCUT2D eigenvalue weighted by atomic mass is 10.0. The third kappa shape index (κ3) is 3.71. The van der Waals surface area contributed by atoms with E-state index in [2.05, 4.69) is 55.4 Å². The molecule has 0 aliphatic heterocycles. The zero-order valence-electron chi connectivity index (χ0n) is 18.3. The summed E-state index contributed by atoms with van der Waals surface area (Å²) in [6.07, 6.45) is 2.48. The van der Waals surface area contributed by atoms with Gasteiger partial charge in [0.05, 0.1) is 16.7 Å². The van der Waals surface area contributed by atoms with Crippen LogP contribution >= 0.6 is 0 Å². The summed E-state index contributed by atoms with van der Waals surface area (Å²) in [6.45, 7) is 0. The van der Waals surface area contributed by atoms with Crippen LogP contribution < -0.4 is 5.32 Å². The number of hydrogen-bond donors (Lipinski definition) is 2. The van der Waals surface area contributed by atoms with Gasteiger partial charge in [-0.15, -0.1) is 5.10 Å². The van der Waals surface area contributed by atoms with E-state index in [0.29, 0.717) is 12.2 Å². The van der Waals surface area contributed by atoms with Crippen LogP contribution in [0.2, 0.25) is 0 Å². The predicted octanol–water partition coefficient (Wildman–Crippen LogP) is 6.01. The molecular formula is C28H21N5O. The number of nitrogens with one attached hydrogen (secondary N) is 1. The van der Waals surface area contributed by atoms with Gasteiger partial charge in [0.15, 0.2) is 5.82 Å². The molecule has 0 unspecified atom stereocenters. The van der Waals surface area contributed by atoms with Gasteiger partial charge in [0.2, 0.25) is 0 Å². The Kier molecular flexibility index (Phi) is 4.88. The molecule has 34 heavy (non-hydrogen) atoms. The number of aromatic nitrogens is 4. The number of imidazole rings is 1. The second kappa shape index (κ2) is 8.33. The fourth-order valence-corrected chi connectivity index (χ4v) is 4.21. The average molecular weight is 444 g/mol. The molecule has 0 radical (unpaired) electrons. The topological polar surface area (TPSA) is 75.9 Å². The van der Waals surface area contributed by atoms with Gasteiger partial charge in [-0.25, -0.2) is 4.98 Å². The van der Waals surface area contributed by atoms with Crippen LogP contribution in [0.1, 0.15) is 11.3 Å². The first-order chi connectivity index (χ1) is 16.7. The summed E-state index contributed by atoms with van der Waals surface area (Å²) < 4.78 is 2.08. The van der Waals surface area contributed by atoms with Crippen LogP contribution in [0.5, 0.6) is 5.75 Å². The molecular weight excluding hydrogens is 422 g/mol. The molecule has 2 N–H and O–H groups in total. The molecule has 0 amide bonds. The monoisotopic (exact) mass is 443 g/mol. The van der Waals surface area contributed by atoms with E-state index in [9.17, 15) is 5.11 Å². The summed E-state index contributed by atoms with van der Waals surface area (Å²) in [5.41, 5.74) is 5.87. The molecule has 0 atom stereocenters. The quantitative estimate of drug-likeness (QED) is 0.341. The van der Waals surface area contributed by atoms with Crippen LogP contribution in [-0.4, -0.2) is 24.9 Å². The minimum absolute atomic E-state index is 0.254. The Bertz CT molecular complexity index is 1610. The number of phenols is 1. The Morgan fingerprint density at radius 2 is 1.53 bits per heavy atom. The molecule has 2 aromatic heterocycles. The molecule has 2 heterocycles. The number of para-hydroxylation sites is 1. The number of aromatic hydroxyl groups is 1. The van der Waals surface area contributed by atoms with Crippen LogP contribution in [0.15, 0.2) is 103 Å². The van der Waals surface area contributed by atoms with Crippen molar-refractivity contribution in [2.75, 3.05) is 5.32 Å². The number of rotatable bonds is 5. The zero-order chi connectivity index (χ0) is 22.9. The molecule has 6 rings (SSSR count). The Morgan fingerprint density at radius 1 is 0.765 bits per heavy atom. The van der Waals surface area contributed by atoms with E-state index in [4.69, 9.17) is 0 Å². The summed E-state index contributed by atoms with van der Waals surface area (Å²) >= 11 is 0.